The Kier molecular flexibility index (Phi) is 8.71. The molecule has 3 aromatic rings. The van der Waals surface area contributed by atoms with Gasteiger partial charge < -0.3 is 30.9 Å². The first kappa shape index (κ1) is 30.1. The van der Waals surface area contributed by atoms with Crippen LogP contribution in [0.1, 0.15) is 52.9 Å². The highest BCUT2D eigenvalue weighted by Crippen LogP contribution is 2.38. The van der Waals surface area contributed by atoms with Crippen LogP contribution in [0.15, 0.2) is 48.7 Å². The summed E-state index contributed by atoms with van der Waals surface area (Å²) in [5.41, 5.74) is 1.48. The number of amides is 2. The summed E-state index contributed by atoms with van der Waals surface area (Å²) >= 11 is 0. The molecule has 2 aliphatic rings. The number of aromatic nitrogens is 2. The Hall–Kier alpha value is -4.39. The van der Waals surface area contributed by atoms with Crippen molar-refractivity contribution in [1.82, 2.24) is 25.5 Å². The smallest absolute Gasteiger partial charge is 0.421 e. The number of benzene rings is 2. The van der Waals surface area contributed by atoms with Crippen LogP contribution in [0.2, 0.25) is 0 Å². The summed E-state index contributed by atoms with van der Waals surface area (Å²) < 4.78 is 47.5. The topological polar surface area (TPSA) is 121 Å². The van der Waals surface area contributed by atoms with Crippen LogP contribution in [-0.4, -0.2) is 66.0 Å². The van der Waals surface area contributed by atoms with Crippen LogP contribution >= 0.6 is 0 Å². The number of halogens is 3. The quantitative estimate of drug-likeness (QED) is 0.304. The minimum absolute atomic E-state index is 0.0804. The van der Waals surface area contributed by atoms with Crippen molar-refractivity contribution in [2.24, 2.45) is 0 Å². The van der Waals surface area contributed by atoms with E-state index in [1.165, 1.54) is 14.0 Å². The van der Waals surface area contributed by atoms with Gasteiger partial charge in [-0.05, 0) is 68.7 Å². The van der Waals surface area contributed by atoms with Crippen molar-refractivity contribution in [3.05, 3.63) is 70.9 Å². The molecule has 0 unspecified atom stereocenters. The molecule has 1 saturated heterocycles. The van der Waals surface area contributed by atoms with Crippen molar-refractivity contribution in [2.45, 2.75) is 50.5 Å². The van der Waals surface area contributed by atoms with E-state index in [1.807, 2.05) is 31.3 Å². The summed E-state index contributed by atoms with van der Waals surface area (Å²) in [7, 11) is 3.48. The summed E-state index contributed by atoms with van der Waals surface area (Å²) in [5, 5.41) is 11.7. The number of hydrogen-bond donors (Lipinski definition) is 4. The SMILES string of the molecule is COc1cc(C(=O)NC2CCN(C)CC2)ccc1Nc1ncc(C(F)(F)F)c(N[C@@H]2Cc3ccccc3[C@H]2NC(C)=O)n1. The first-order valence-electron chi connectivity index (χ1n) is 14.0. The van der Waals surface area contributed by atoms with E-state index < -0.39 is 29.6 Å². The average Bonchev–Trinajstić information content (AvgIpc) is 3.30. The number of piperidine rings is 1. The predicted octanol–water partition coefficient (Wildman–Crippen LogP) is 4.29. The number of likely N-dealkylation sites (tertiary alicyclic amines) is 1. The summed E-state index contributed by atoms with van der Waals surface area (Å²) in [5.74, 6) is -0.769. The molecule has 0 bridgehead atoms. The lowest BCUT2D eigenvalue weighted by Crippen LogP contribution is -2.43. The molecule has 1 aliphatic heterocycles. The second-order valence-corrected chi connectivity index (χ2v) is 10.9. The Labute approximate surface area is 247 Å². The van der Waals surface area contributed by atoms with Crippen molar-refractivity contribution in [1.29, 1.82) is 0 Å². The number of hydrogen-bond acceptors (Lipinski definition) is 8. The van der Waals surface area contributed by atoms with Gasteiger partial charge in [0.15, 0.2) is 0 Å². The lowest BCUT2D eigenvalue weighted by atomic mass is 10.0. The lowest BCUT2D eigenvalue weighted by Gasteiger charge is -2.29. The first-order chi connectivity index (χ1) is 20.5. The molecule has 2 amide bonds. The van der Waals surface area contributed by atoms with E-state index in [1.54, 1.807) is 18.2 Å². The van der Waals surface area contributed by atoms with Crippen molar-refractivity contribution in [2.75, 3.05) is 37.9 Å². The Morgan fingerprint density at radius 2 is 1.81 bits per heavy atom. The van der Waals surface area contributed by atoms with Gasteiger partial charge in [-0.1, -0.05) is 24.3 Å². The van der Waals surface area contributed by atoms with Crippen LogP contribution in [0, 0.1) is 0 Å². The molecule has 1 aromatic heterocycles. The molecule has 0 saturated carbocycles. The van der Waals surface area contributed by atoms with Crippen LogP contribution in [0.3, 0.4) is 0 Å². The van der Waals surface area contributed by atoms with Crippen molar-refractivity contribution < 1.29 is 27.5 Å². The number of alkyl halides is 3. The highest BCUT2D eigenvalue weighted by molar-refractivity contribution is 5.95. The number of carbonyl (C=O) groups is 2. The zero-order valence-corrected chi connectivity index (χ0v) is 24.1. The van der Waals surface area contributed by atoms with Crippen LogP contribution < -0.4 is 26.0 Å². The molecule has 228 valence electrons. The van der Waals surface area contributed by atoms with Gasteiger partial charge in [0.05, 0.1) is 24.9 Å². The third-order valence-corrected chi connectivity index (χ3v) is 7.77. The van der Waals surface area contributed by atoms with Gasteiger partial charge in [-0.2, -0.15) is 18.2 Å². The molecule has 13 heteroatoms. The number of ether oxygens (including phenoxy) is 1. The molecule has 2 atom stereocenters. The highest BCUT2D eigenvalue weighted by Gasteiger charge is 2.39. The van der Waals surface area contributed by atoms with Crippen molar-refractivity contribution in [3.8, 4) is 5.75 Å². The van der Waals surface area contributed by atoms with E-state index in [9.17, 15) is 22.8 Å². The molecule has 4 N–H and O–H groups in total. The monoisotopic (exact) mass is 597 g/mol. The summed E-state index contributed by atoms with van der Waals surface area (Å²) in [6, 6.07) is 11.1. The number of nitrogens with one attached hydrogen (secondary N) is 4. The van der Waals surface area contributed by atoms with Crippen LogP contribution in [0.4, 0.5) is 30.6 Å². The highest BCUT2D eigenvalue weighted by atomic mass is 19.4. The van der Waals surface area contributed by atoms with E-state index in [2.05, 4.69) is 36.1 Å². The fourth-order valence-corrected chi connectivity index (χ4v) is 5.54. The van der Waals surface area contributed by atoms with Gasteiger partial charge in [-0.3, -0.25) is 9.59 Å². The molecular formula is C30H34F3N7O3. The minimum atomic E-state index is -4.73. The Balaban J connectivity index is 1.37. The van der Waals surface area contributed by atoms with Gasteiger partial charge >= 0.3 is 6.18 Å². The van der Waals surface area contributed by atoms with Gasteiger partial charge in [-0.15, -0.1) is 0 Å². The maximum absolute atomic E-state index is 14.0. The molecule has 1 fully saturated rings. The van der Waals surface area contributed by atoms with Gasteiger partial charge in [-0.25, -0.2) is 4.98 Å². The first-order valence-corrected chi connectivity index (χ1v) is 14.0. The summed E-state index contributed by atoms with van der Waals surface area (Å²) in [6.45, 7) is 3.17. The summed E-state index contributed by atoms with van der Waals surface area (Å²) in [6.07, 6.45) is -1.91. The Morgan fingerprint density at radius 1 is 1.07 bits per heavy atom. The zero-order valence-electron chi connectivity index (χ0n) is 24.1. The molecule has 2 aromatic carbocycles. The zero-order chi connectivity index (χ0) is 30.7. The largest absolute Gasteiger partial charge is 0.495 e. The second kappa shape index (κ2) is 12.5. The standard InChI is InChI=1S/C30H34F3N7O3/c1-17(41)35-26-21-7-5-4-6-18(21)14-24(26)37-27-22(30(31,32)33)16-34-29(39-27)38-23-9-8-19(15-25(23)43-3)28(42)36-20-10-12-40(2)13-11-20/h4-9,15-16,20,24,26H,10-14H2,1-3H3,(H,35,41)(H,36,42)(H2,34,37,38,39)/t24-,26-/m1/s1. The van der Waals surface area contributed by atoms with E-state index in [4.69, 9.17) is 4.74 Å². The third kappa shape index (κ3) is 6.99. The van der Waals surface area contributed by atoms with Crippen LogP contribution in [0.25, 0.3) is 0 Å². The maximum atomic E-state index is 14.0. The number of rotatable bonds is 8. The van der Waals surface area contributed by atoms with Gasteiger partial charge in [0.2, 0.25) is 11.9 Å². The minimum Gasteiger partial charge on any atom is -0.495 e. The number of nitrogens with zero attached hydrogens (tertiary/aromatic N) is 3. The van der Waals surface area contributed by atoms with E-state index in [0.29, 0.717) is 29.6 Å². The average molecular weight is 598 g/mol. The molecule has 2 heterocycles. The van der Waals surface area contributed by atoms with E-state index >= 15 is 0 Å². The lowest BCUT2D eigenvalue weighted by molar-refractivity contribution is -0.137. The third-order valence-electron chi connectivity index (χ3n) is 7.77. The number of fused-ring (bicyclic) bond motifs is 1. The Morgan fingerprint density at radius 3 is 2.51 bits per heavy atom. The Bertz CT molecular complexity index is 1490. The van der Waals surface area contributed by atoms with Gasteiger partial charge in [0.1, 0.15) is 17.1 Å². The summed E-state index contributed by atoms with van der Waals surface area (Å²) in [4.78, 5) is 35.1. The van der Waals surface area contributed by atoms with Crippen molar-refractivity contribution >= 4 is 29.3 Å². The van der Waals surface area contributed by atoms with E-state index in [0.717, 1.165) is 37.1 Å². The van der Waals surface area contributed by atoms with Crippen LogP contribution in [0.5, 0.6) is 5.75 Å². The number of anilines is 3. The number of methoxy groups -OCH3 is 1. The maximum Gasteiger partial charge on any atom is 0.421 e. The fourth-order valence-electron chi connectivity index (χ4n) is 5.54. The molecule has 10 nitrogen and oxygen atoms in total. The van der Waals surface area contributed by atoms with Gasteiger partial charge in [0.25, 0.3) is 5.91 Å². The van der Waals surface area contributed by atoms with Crippen LogP contribution in [-0.2, 0) is 17.4 Å². The normalized spacial score (nSPS) is 18.9. The van der Waals surface area contributed by atoms with Gasteiger partial charge in [0, 0.05) is 24.7 Å². The molecule has 5 rings (SSSR count). The molecule has 0 radical (unpaired) electrons. The predicted molar refractivity (Wildman–Crippen MR) is 155 cm³/mol. The molecule has 0 spiro atoms. The van der Waals surface area contributed by atoms with E-state index in [-0.39, 0.29) is 23.8 Å². The number of carbonyl (C=O) groups excluding carboxylic acids is 2. The molecule has 43 heavy (non-hydrogen) atoms. The second-order valence-electron chi connectivity index (χ2n) is 10.9. The molecule has 1 aliphatic carbocycles. The van der Waals surface area contributed by atoms with Crippen molar-refractivity contribution in [3.63, 3.8) is 0 Å². The molecular weight excluding hydrogens is 563 g/mol. The fraction of sp³-hybridized carbons (Fsp3) is 0.400.